The third-order valence-corrected chi connectivity index (χ3v) is 6.31. The van der Waals surface area contributed by atoms with Gasteiger partial charge >= 0.3 is 0 Å². The van der Waals surface area contributed by atoms with Crippen LogP contribution in [-0.2, 0) is 16.1 Å². The van der Waals surface area contributed by atoms with Crippen molar-refractivity contribution in [3.8, 4) is 11.1 Å². The molecular weight excluding hydrogens is 392 g/mol. The maximum Gasteiger partial charge on any atom is 0.253 e. The van der Waals surface area contributed by atoms with E-state index in [9.17, 15) is 9.59 Å². The van der Waals surface area contributed by atoms with Crippen molar-refractivity contribution in [3.63, 3.8) is 0 Å². The number of nitrogens with zero attached hydrogens (tertiary/aromatic N) is 2. The Morgan fingerprint density at radius 3 is 2.32 bits per heavy atom. The summed E-state index contributed by atoms with van der Waals surface area (Å²) in [5.41, 5.74) is 10.8. The second kappa shape index (κ2) is 8.17. The highest BCUT2D eigenvalue weighted by atomic mass is 16.5. The maximum atomic E-state index is 12.9. The lowest BCUT2D eigenvalue weighted by Crippen LogP contribution is -2.54. The Morgan fingerprint density at radius 1 is 1.00 bits per heavy atom. The van der Waals surface area contributed by atoms with Crippen molar-refractivity contribution in [3.05, 3.63) is 59.8 Å². The number of fused-ring (bicyclic) bond motifs is 1. The summed E-state index contributed by atoms with van der Waals surface area (Å²) in [6.45, 7) is 3.36. The van der Waals surface area contributed by atoms with Gasteiger partial charge in [0.05, 0.1) is 6.61 Å². The third kappa shape index (κ3) is 3.71. The Balaban J connectivity index is 1.26. The number of carbonyl (C=O) groups excluding carboxylic acids is 2. The highest BCUT2D eigenvalue weighted by molar-refractivity contribution is 5.95. The number of nitrogens with two attached hydrogens (primary N) is 1. The summed E-state index contributed by atoms with van der Waals surface area (Å²) in [4.78, 5) is 32.1. The summed E-state index contributed by atoms with van der Waals surface area (Å²) in [7, 11) is 0. The summed E-state index contributed by atoms with van der Waals surface area (Å²) in [6.07, 6.45) is 2.47. The number of hydrogen-bond acceptors (Lipinski definition) is 4. The molecule has 1 unspecified atom stereocenters. The Kier molecular flexibility index (Phi) is 5.21. The van der Waals surface area contributed by atoms with E-state index in [1.54, 1.807) is 0 Å². The first-order valence-corrected chi connectivity index (χ1v) is 10.7. The van der Waals surface area contributed by atoms with E-state index in [4.69, 9.17) is 10.5 Å². The Hall–Kier alpha value is -3.16. The van der Waals surface area contributed by atoms with Crippen LogP contribution in [-0.4, -0.2) is 65.5 Å². The van der Waals surface area contributed by atoms with Gasteiger partial charge in [-0.05, 0) is 41.0 Å². The Bertz CT molecular complexity index is 1110. The summed E-state index contributed by atoms with van der Waals surface area (Å²) in [5.74, 6) is 0.0601. The lowest BCUT2D eigenvalue weighted by Gasteiger charge is -2.38. The minimum atomic E-state index is -0.277. The number of nitrogens with one attached hydrogen (secondary N) is 1. The van der Waals surface area contributed by atoms with E-state index >= 15 is 0 Å². The van der Waals surface area contributed by atoms with Crippen molar-refractivity contribution >= 4 is 22.7 Å². The molecule has 2 amide bonds. The number of benzene rings is 2. The molecule has 7 heteroatoms. The van der Waals surface area contributed by atoms with E-state index in [-0.39, 0.29) is 17.9 Å². The zero-order chi connectivity index (χ0) is 21.4. The molecule has 0 spiro atoms. The van der Waals surface area contributed by atoms with Gasteiger partial charge in [0, 0.05) is 61.8 Å². The molecule has 0 saturated carbocycles. The fourth-order valence-corrected chi connectivity index (χ4v) is 4.28. The van der Waals surface area contributed by atoms with Crippen LogP contribution >= 0.6 is 0 Å². The van der Waals surface area contributed by atoms with E-state index in [0.29, 0.717) is 44.9 Å². The number of piperazine rings is 1. The smallest absolute Gasteiger partial charge is 0.253 e. The monoisotopic (exact) mass is 418 g/mol. The second-order valence-electron chi connectivity index (χ2n) is 8.12. The van der Waals surface area contributed by atoms with Gasteiger partial charge in [0.25, 0.3) is 11.8 Å². The van der Waals surface area contributed by atoms with Crippen molar-refractivity contribution in [2.24, 2.45) is 5.73 Å². The molecule has 3 aromatic rings. The zero-order valence-corrected chi connectivity index (χ0v) is 17.3. The van der Waals surface area contributed by atoms with Crippen LogP contribution in [0.1, 0.15) is 22.3 Å². The number of hydrogen-bond donors (Lipinski definition) is 2. The molecule has 0 bridgehead atoms. The minimum absolute atomic E-state index is 0.00467. The SMILES string of the molecule is NCc1c[nH]c2ccc(-c3ccc(C(=O)N4CCN(C(=O)C5CCO5)CC4)cc3)cc12. The molecule has 1 aromatic heterocycles. The second-order valence-corrected chi connectivity index (χ2v) is 8.12. The number of aromatic amines is 1. The van der Waals surface area contributed by atoms with Crippen LogP contribution in [0.4, 0.5) is 0 Å². The van der Waals surface area contributed by atoms with Crippen molar-refractivity contribution in [2.45, 2.75) is 19.1 Å². The minimum Gasteiger partial charge on any atom is -0.368 e. The van der Waals surface area contributed by atoms with Crippen molar-refractivity contribution < 1.29 is 14.3 Å². The molecule has 3 heterocycles. The number of carbonyl (C=O) groups is 2. The van der Waals surface area contributed by atoms with Gasteiger partial charge in [-0.2, -0.15) is 0 Å². The molecular formula is C24H26N4O3. The van der Waals surface area contributed by atoms with E-state index < -0.39 is 0 Å². The number of amides is 2. The molecule has 2 aliphatic rings. The van der Waals surface area contributed by atoms with Crippen LogP contribution in [0.5, 0.6) is 0 Å². The molecule has 0 radical (unpaired) electrons. The number of aromatic nitrogens is 1. The first kappa shape index (κ1) is 19.8. The molecule has 3 N–H and O–H groups in total. The summed E-state index contributed by atoms with van der Waals surface area (Å²) >= 11 is 0. The number of rotatable bonds is 4. The van der Waals surface area contributed by atoms with Crippen LogP contribution in [0, 0.1) is 0 Å². The maximum absolute atomic E-state index is 12.9. The zero-order valence-electron chi connectivity index (χ0n) is 17.3. The van der Waals surface area contributed by atoms with Gasteiger partial charge < -0.3 is 25.3 Å². The normalized spacial score (nSPS) is 18.8. The predicted octanol–water partition coefficient (Wildman–Crippen LogP) is 2.37. The lowest BCUT2D eigenvalue weighted by molar-refractivity contribution is -0.157. The summed E-state index contributed by atoms with van der Waals surface area (Å²) in [5, 5.41) is 1.12. The standard InChI is InChI=1S/C24H26N4O3/c25-14-19-15-26-21-6-5-18(13-20(19)21)16-1-3-17(4-2-16)23(29)27-8-10-28(11-9-27)24(30)22-7-12-31-22/h1-6,13,15,22,26H,7-12,14,25H2. The van der Waals surface area contributed by atoms with Gasteiger partial charge in [-0.3, -0.25) is 9.59 Å². The molecule has 2 saturated heterocycles. The van der Waals surface area contributed by atoms with Crippen molar-refractivity contribution in [2.75, 3.05) is 32.8 Å². The lowest BCUT2D eigenvalue weighted by atomic mass is 10.0. The molecule has 2 fully saturated rings. The van der Waals surface area contributed by atoms with Crippen molar-refractivity contribution in [1.29, 1.82) is 0 Å². The average molecular weight is 418 g/mol. The molecule has 160 valence electrons. The predicted molar refractivity (Wildman–Crippen MR) is 118 cm³/mol. The Labute approximate surface area is 180 Å². The molecule has 2 aromatic carbocycles. The van der Waals surface area contributed by atoms with Gasteiger partial charge in [-0.15, -0.1) is 0 Å². The van der Waals surface area contributed by atoms with Gasteiger partial charge in [0.2, 0.25) is 0 Å². The quantitative estimate of drug-likeness (QED) is 0.681. The van der Waals surface area contributed by atoms with Crippen LogP contribution < -0.4 is 5.73 Å². The average Bonchev–Trinajstić information content (AvgIpc) is 3.20. The van der Waals surface area contributed by atoms with Gasteiger partial charge in [0.1, 0.15) is 6.10 Å². The Morgan fingerprint density at radius 2 is 1.68 bits per heavy atom. The molecule has 7 nitrogen and oxygen atoms in total. The van der Waals surface area contributed by atoms with E-state index in [1.807, 2.05) is 40.3 Å². The van der Waals surface area contributed by atoms with Crippen LogP contribution in [0.25, 0.3) is 22.0 Å². The topological polar surface area (TPSA) is 91.7 Å². The molecule has 1 atom stereocenters. The highest BCUT2D eigenvalue weighted by Gasteiger charge is 2.33. The van der Waals surface area contributed by atoms with E-state index in [2.05, 4.69) is 23.2 Å². The molecule has 2 aliphatic heterocycles. The number of H-pyrrole nitrogens is 1. The van der Waals surface area contributed by atoms with Crippen LogP contribution in [0.3, 0.4) is 0 Å². The molecule has 31 heavy (non-hydrogen) atoms. The first-order valence-electron chi connectivity index (χ1n) is 10.7. The van der Waals surface area contributed by atoms with Crippen LogP contribution in [0.2, 0.25) is 0 Å². The fourth-order valence-electron chi connectivity index (χ4n) is 4.28. The van der Waals surface area contributed by atoms with Gasteiger partial charge in [-0.25, -0.2) is 0 Å². The largest absolute Gasteiger partial charge is 0.368 e. The van der Waals surface area contributed by atoms with Crippen LogP contribution in [0.15, 0.2) is 48.7 Å². The fraction of sp³-hybridized carbons (Fsp3) is 0.333. The molecule has 5 rings (SSSR count). The summed E-state index contributed by atoms with van der Waals surface area (Å²) in [6, 6.07) is 14.0. The highest BCUT2D eigenvalue weighted by Crippen LogP contribution is 2.27. The van der Waals surface area contributed by atoms with Gasteiger partial charge in [-0.1, -0.05) is 18.2 Å². The third-order valence-electron chi connectivity index (χ3n) is 6.31. The number of ether oxygens (including phenoxy) is 1. The van der Waals surface area contributed by atoms with E-state index in [1.165, 1.54) is 0 Å². The van der Waals surface area contributed by atoms with E-state index in [0.717, 1.165) is 34.0 Å². The van der Waals surface area contributed by atoms with Gasteiger partial charge in [0.15, 0.2) is 0 Å². The summed E-state index contributed by atoms with van der Waals surface area (Å²) < 4.78 is 5.29. The van der Waals surface area contributed by atoms with Crippen molar-refractivity contribution in [1.82, 2.24) is 14.8 Å². The first-order chi connectivity index (χ1) is 15.1. The molecule has 0 aliphatic carbocycles.